The first-order valence-electron chi connectivity index (χ1n) is 6.52. The molecule has 0 aliphatic carbocycles. The van der Waals surface area contributed by atoms with Crippen LogP contribution in [0.1, 0.15) is 33.3 Å². The maximum absolute atomic E-state index is 13.5. The minimum absolute atomic E-state index is 0.0650. The highest BCUT2D eigenvalue weighted by molar-refractivity contribution is 5.90. The number of nitrogens with one attached hydrogen (secondary N) is 2. The topological polar surface area (TPSA) is 50.4 Å². The molecule has 0 saturated heterocycles. The molecule has 0 bridgehead atoms. The molecule has 1 aromatic rings. The van der Waals surface area contributed by atoms with E-state index < -0.39 is 23.4 Å². The highest BCUT2D eigenvalue weighted by Crippen LogP contribution is 2.29. The summed E-state index contributed by atoms with van der Waals surface area (Å²) in [6.45, 7) is 9.42. The Labute approximate surface area is 119 Å². The Kier molecular flexibility index (Phi) is 11.3. The van der Waals surface area contributed by atoms with Gasteiger partial charge in [0, 0.05) is 18.7 Å². The number of benzene rings is 1. The van der Waals surface area contributed by atoms with Crippen LogP contribution in [-0.2, 0) is 0 Å². The molecule has 1 aromatic carbocycles. The van der Waals surface area contributed by atoms with E-state index in [2.05, 4.69) is 15.4 Å². The Morgan fingerprint density at radius 2 is 1.70 bits per heavy atom. The largest absolute Gasteiger partial charge is 0.491 e. The van der Waals surface area contributed by atoms with E-state index in [0.29, 0.717) is 0 Å². The molecule has 0 spiro atoms. The SMILES string of the molecule is CC.CC.CNC(=O)Nc1cc(F)c(OC)c(F)c1C. The van der Waals surface area contributed by atoms with Gasteiger partial charge in [0.05, 0.1) is 12.8 Å². The molecule has 0 fully saturated rings. The highest BCUT2D eigenvalue weighted by Gasteiger charge is 2.17. The fourth-order valence-electron chi connectivity index (χ4n) is 1.20. The predicted octanol–water partition coefficient (Wildman–Crippen LogP) is 4.09. The molecule has 2 amide bonds. The van der Waals surface area contributed by atoms with Gasteiger partial charge in [-0.3, -0.25) is 0 Å². The average Bonchev–Trinajstić information content (AvgIpc) is 2.49. The van der Waals surface area contributed by atoms with Gasteiger partial charge in [0.25, 0.3) is 0 Å². The van der Waals surface area contributed by atoms with Gasteiger partial charge in [0.2, 0.25) is 0 Å². The number of anilines is 1. The summed E-state index contributed by atoms with van der Waals surface area (Å²) in [7, 11) is 2.58. The van der Waals surface area contributed by atoms with Crippen molar-refractivity contribution in [2.75, 3.05) is 19.5 Å². The van der Waals surface area contributed by atoms with Crippen molar-refractivity contribution >= 4 is 11.7 Å². The van der Waals surface area contributed by atoms with Crippen molar-refractivity contribution in [2.24, 2.45) is 0 Å². The zero-order valence-corrected chi connectivity index (χ0v) is 13.1. The standard InChI is InChI=1S/C10H12F2N2O2.2C2H6/c1-5-7(14-10(15)13-2)4-6(11)9(16-3)8(5)12;2*1-2/h4H,1-3H3,(H2,13,14,15);2*1-2H3. The molecule has 4 nitrogen and oxygen atoms in total. The maximum Gasteiger partial charge on any atom is 0.318 e. The number of urea groups is 1. The number of carbonyl (C=O) groups excluding carboxylic acids is 1. The third-order valence-corrected chi connectivity index (χ3v) is 2.10. The monoisotopic (exact) mass is 290 g/mol. The molecule has 0 aliphatic heterocycles. The van der Waals surface area contributed by atoms with E-state index in [0.717, 1.165) is 6.07 Å². The molecule has 1 rings (SSSR count). The third kappa shape index (κ3) is 5.42. The summed E-state index contributed by atoms with van der Waals surface area (Å²) >= 11 is 0. The van der Waals surface area contributed by atoms with Crippen LogP contribution < -0.4 is 15.4 Å². The van der Waals surface area contributed by atoms with E-state index >= 15 is 0 Å². The zero-order valence-electron chi connectivity index (χ0n) is 13.1. The molecule has 116 valence electrons. The molecule has 0 aromatic heterocycles. The van der Waals surface area contributed by atoms with Crippen LogP contribution in [0.25, 0.3) is 0 Å². The van der Waals surface area contributed by atoms with E-state index in [-0.39, 0.29) is 11.3 Å². The van der Waals surface area contributed by atoms with Gasteiger partial charge in [-0.2, -0.15) is 0 Å². The number of amides is 2. The first-order valence-corrected chi connectivity index (χ1v) is 6.52. The van der Waals surface area contributed by atoms with Gasteiger partial charge < -0.3 is 15.4 Å². The van der Waals surface area contributed by atoms with Gasteiger partial charge in [0.15, 0.2) is 17.4 Å². The van der Waals surface area contributed by atoms with Crippen molar-refractivity contribution in [3.05, 3.63) is 23.3 Å². The van der Waals surface area contributed by atoms with Gasteiger partial charge >= 0.3 is 6.03 Å². The van der Waals surface area contributed by atoms with E-state index in [9.17, 15) is 13.6 Å². The molecular formula is C14H24F2N2O2. The Balaban J connectivity index is 0. The molecule has 0 atom stereocenters. The molecule has 0 saturated carbocycles. The number of hydrogen-bond acceptors (Lipinski definition) is 2. The number of methoxy groups -OCH3 is 1. The molecule has 0 unspecified atom stereocenters. The normalized spacial score (nSPS) is 8.45. The van der Waals surface area contributed by atoms with Gasteiger partial charge in [0.1, 0.15) is 0 Å². The lowest BCUT2D eigenvalue weighted by Crippen LogP contribution is -2.25. The third-order valence-electron chi connectivity index (χ3n) is 2.10. The first-order chi connectivity index (χ1) is 9.51. The van der Waals surface area contributed by atoms with E-state index in [1.54, 1.807) is 0 Å². The van der Waals surface area contributed by atoms with Crippen molar-refractivity contribution in [3.63, 3.8) is 0 Å². The summed E-state index contributed by atoms with van der Waals surface area (Å²) in [4.78, 5) is 11.0. The molecule has 6 heteroatoms. The molecule has 0 heterocycles. The Morgan fingerprint density at radius 1 is 1.20 bits per heavy atom. The molecule has 2 N–H and O–H groups in total. The second kappa shape index (κ2) is 11.0. The zero-order chi connectivity index (χ0) is 16.3. The van der Waals surface area contributed by atoms with Gasteiger partial charge in [-0.1, -0.05) is 27.7 Å². The second-order valence-corrected chi connectivity index (χ2v) is 3.08. The van der Waals surface area contributed by atoms with Gasteiger partial charge in [-0.25, -0.2) is 13.6 Å². The van der Waals surface area contributed by atoms with E-state index in [1.165, 1.54) is 21.1 Å². The van der Waals surface area contributed by atoms with Gasteiger partial charge in [-0.05, 0) is 6.92 Å². The summed E-state index contributed by atoms with van der Waals surface area (Å²) in [5.74, 6) is -2.15. The number of ether oxygens (including phenoxy) is 1. The Hall–Kier alpha value is -1.85. The van der Waals surface area contributed by atoms with E-state index in [4.69, 9.17) is 0 Å². The fraction of sp³-hybridized carbons (Fsp3) is 0.500. The van der Waals surface area contributed by atoms with Crippen molar-refractivity contribution in [1.82, 2.24) is 5.32 Å². The van der Waals surface area contributed by atoms with Crippen LogP contribution in [0.15, 0.2) is 6.07 Å². The lowest BCUT2D eigenvalue weighted by molar-refractivity contribution is 0.254. The minimum atomic E-state index is -0.864. The lowest BCUT2D eigenvalue weighted by Gasteiger charge is -2.12. The summed E-state index contributed by atoms with van der Waals surface area (Å²) in [5, 5.41) is 4.59. The van der Waals surface area contributed by atoms with Crippen molar-refractivity contribution in [1.29, 1.82) is 0 Å². The van der Waals surface area contributed by atoms with Crippen LogP contribution in [0.2, 0.25) is 0 Å². The van der Waals surface area contributed by atoms with Crippen molar-refractivity contribution in [3.8, 4) is 5.75 Å². The summed E-state index contributed by atoms with van der Waals surface area (Å²) in [5.41, 5.74) is 0.178. The summed E-state index contributed by atoms with van der Waals surface area (Å²) in [6, 6.07) is 0.457. The number of hydrogen-bond donors (Lipinski definition) is 2. The van der Waals surface area contributed by atoms with Crippen molar-refractivity contribution < 1.29 is 18.3 Å². The predicted molar refractivity (Wildman–Crippen MR) is 78.4 cm³/mol. The Bertz CT molecular complexity index is 424. The number of carbonyl (C=O) groups is 1. The maximum atomic E-state index is 13.5. The molecule has 0 radical (unpaired) electrons. The fourth-order valence-corrected chi connectivity index (χ4v) is 1.20. The first kappa shape index (κ1) is 20.5. The molecule has 20 heavy (non-hydrogen) atoms. The number of halogens is 2. The number of rotatable bonds is 2. The Morgan fingerprint density at radius 3 is 2.10 bits per heavy atom. The van der Waals surface area contributed by atoms with E-state index in [1.807, 2.05) is 27.7 Å². The van der Waals surface area contributed by atoms with Crippen molar-refractivity contribution in [2.45, 2.75) is 34.6 Å². The van der Waals surface area contributed by atoms with Crippen LogP contribution in [0.4, 0.5) is 19.3 Å². The molecular weight excluding hydrogens is 266 g/mol. The quantitative estimate of drug-likeness (QED) is 0.862. The van der Waals surface area contributed by atoms with Gasteiger partial charge in [-0.15, -0.1) is 0 Å². The van der Waals surface area contributed by atoms with Crippen LogP contribution in [-0.4, -0.2) is 20.2 Å². The highest BCUT2D eigenvalue weighted by atomic mass is 19.1. The summed E-state index contributed by atoms with van der Waals surface area (Å²) in [6.07, 6.45) is 0. The van der Waals surface area contributed by atoms with Crippen LogP contribution in [0.3, 0.4) is 0 Å². The minimum Gasteiger partial charge on any atom is -0.491 e. The van der Waals surface area contributed by atoms with Crippen LogP contribution >= 0.6 is 0 Å². The summed E-state index contributed by atoms with van der Waals surface area (Å²) < 4.78 is 31.4. The van der Waals surface area contributed by atoms with Crippen LogP contribution in [0, 0.1) is 18.6 Å². The smallest absolute Gasteiger partial charge is 0.318 e. The average molecular weight is 290 g/mol. The lowest BCUT2D eigenvalue weighted by atomic mass is 10.1. The van der Waals surface area contributed by atoms with Crippen LogP contribution in [0.5, 0.6) is 5.75 Å². The second-order valence-electron chi connectivity index (χ2n) is 3.08. The molecule has 0 aliphatic rings.